The summed E-state index contributed by atoms with van der Waals surface area (Å²) in [7, 11) is 0. The lowest BCUT2D eigenvalue weighted by Crippen LogP contribution is -2.19. The molecule has 3 rings (SSSR count). The van der Waals surface area contributed by atoms with E-state index < -0.39 is 6.03 Å². The molecule has 0 heterocycles. The number of nitrogens with one attached hydrogen (secondary N) is 2. The van der Waals surface area contributed by atoms with Crippen molar-refractivity contribution in [3.8, 4) is 16.9 Å². The first-order valence-corrected chi connectivity index (χ1v) is 7.65. The number of amides is 2. The molecule has 3 aromatic rings. The molecule has 4 nitrogen and oxygen atoms in total. The topological polar surface area (TPSA) is 61.4 Å². The van der Waals surface area contributed by atoms with E-state index in [4.69, 9.17) is 0 Å². The molecule has 3 N–H and O–H groups in total. The molecule has 0 radical (unpaired) electrons. The molecular formula is C20H18N2O2. The van der Waals surface area contributed by atoms with Gasteiger partial charge >= 0.3 is 6.03 Å². The first-order chi connectivity index (χ1) is 11.6. The third-order valence-corrected chi connectivity index (χ3v) is 3.65. The maximum absolute atomic E-state index is 12.0. The highest BCUT2D eigenvalue weighted by atomic mass is 16.3. The van der Waals surface area contributed by atoms with Crippen LogP contribution in [-0.4, -0.2) is 11.1 Å². The molecule has 0 aromatic heterocycles. The fraction of sp³-hybridized carbons (Fsp3) is 0.0500. The fourth-order valence-electron chi connectivity index (χ4n) is 2.41. The number of rotatable bonds is 3. The molecule has 0 saturated heterocycles. The number of phenols is 1. The first kappa shape index (κ1) is 15.6. The highest BCUT2D eigenvalue weighted by molar-refractivity contribution is 6.00. The van der Waals surface area contributed by atoms with E-state index in [-0.39, 0.29) is 5.75 Å². The van der Waals surface area contributed by atoms with Crippen LogP contribution in [0, 0.1) is 6.92 Å². The fourth-order valence-corrected chi connectivity index (χ4v) is 2.41. The van der Waals surface area contributed by atoms with Crippen molar-refractivity contribution in [1.82, 2.24) is 0 Å². The van der Waals surface area contributed by atoms with Crippen molar-refractivity contribution in [2.75, 3.05) is 10.6 Å². The maximum atomic E-state index is 12.0. The van der Waals surface area contributed by atoms with Gasteiger partial charge in [0.25, 0.3) is 0 Å². The number of aryl methyl sites for hydroxylation is 1. The smallest absolute Gasteiger partial charge is 0.323 e. The molecule has 4 heteroatoms. The van der Waals surface area contributed by atoms with Crippen LogP contribution in [0.4, 0.5) is 16.2 Å². The van der Waals surface area contributed by atoms with Crippen molar-refractivity contribution in [2.24, 2.45) is 0 Å². The number of aromatic hydroxyl groups is 1. The molecule has 24 heavy (non-hydrogen) atoms. The molecule has 2 amide bonds. The number of carbonyl (C=O) groups is 1. The second-order valence-electron chi connectivity index (χ2n) is 5.54. The van der Waals surface area contributed by atoms with Crippen LogP contribution in [0.15, 0.2) is 72.8 Å². The summed E-state index contributed by atoms with van der Waals surface area (Å²) in [6.07, 6.45) is 0. The average Bonchev–Trinajstić information content (AvgIpc) is 2.59. The lowest BCUT2D eigenvalue weighted by atomic mass is 10.1. The summed E-state index contributed by atoms with van der Waals surface area (Å²) in [5, 5.41) is 15.2. The standard InChI is InChI=1S/C20H18N2O2/c1-14-7-12-18(19(23)13-14)22-20(24)21-17-10-8-16(9-11-17)15-5-3-2-4-6-15/h2-13,23H,1H3,(H2,21,22,24). The summed E-state index contributed by atoms with van der Waals surface area (Å²) >= 11 is 0. The van der Waals surface area contributed by atoms with Crippen molar-refractivity contribution in [3.63, 3.8) is 0 Å². The van der Waals surface area contributed by atoms with Gasteiger partial charge in [0.1, 0.15) is 5.75 Å². The second kappa shape index (κ2) is 6.87. The lowest BCUT2D eigenvalue weighted by Gasteiger charge is -2.10. The van der Waals surface area contributed by atoms with E-state index in [9.17, 15) is 9.90 Å². The molecule has 0 fully saturated rings. The number of hydrogen-bond donors (Lipinski definition) is 3. The van der Waals surface area contributed by atoms with Crippen LogP contribution >= 0.6 is 0 Å². The van der Waals surface area contributed by atoms with Crippen LogP contribution in [0.2, 0.25) is 0 Å². The maximum Gasteiger partial charge on any atom is 0.323 e. The molecule has 0 aliphatic heterocycles. The summed E-state index contributed by atoms with van der Waals surface area (Å²) in [6.45, 7) is 1.87. The van der Waals surface area contributed by atoms with Gasteiger partial charge in [-0.3, -0.25) is 0 Å². The van der Waals surface area contributed by atoms with Crippen molar-refractivity contribution >= 4 is 17.4 Å². The highest BCUT2D eigenvalue weighted by Gasteiger charge is 2.07. The molecule has 120 valence electrons. The number of benzene rings is 3. The monoisotopic (exact) mass is 318 g/mol. The van der Waals surface area contributed by atoms with Gasteiger partial charge in [-0.2, -0.15) is 0 Å². The number of phenolic OH excluding ortho intramolecular Hbond substituents is 1. The summed E-state index contributed by atoms with van der Waals surface area (Å²) in [4.78, 5) is 12.0. The lowest BCUT2D eigenvalue weighted by molar-refractivity contribution is 0.262. The van der Waals surface area contributed by atoms with Crippen LogP contribution in [0.1, 0.15) is 5.56 Å². The van der Waals surface area contributed by atoms with Crippen molar-refractivity contribution in [2.45, 2.75) is 6.92 Å². The number of anilines is 2. The Morgan fingerprint density at radius 1 is 0.833 bits per heavy atom. The highest BCUT2D eigenvalue weighted by Crippen LogP contribution is 2.24. The minimum absolute atomic E-state index is 0.0459. The Bertz CT molecular complexity index is 843. The van der Waals surface area contributed by atoms with Gasteiger partial charge in [0.15, 0.2) is 0 Å². The van der Waals surface area contributed by atoms with E-state index in [2.05, 4.69) is 10.6 Å². The van der Waals surface area contributed by atoms with Crippen LogP contribution in [0.25, 0.3) is 11.1 Å². The molecule has 0 aliphatic carbocycles. The van der Waals surface area contributed by atoms with Gasteiger partial charge in [-0.25, -0.2) is 4.79 Å². The Hall–Kier alpha value is -3.27. The van der Waals surface area contributed by atoms with E-state index >= 15 is 0 Å². The normalized spacial score (nSPS) is 10.2. The van der Waals surface area contributed by atoms with Crippen LogP contribution in [0.3, 0.4) is 0 Å². The molecule has 0 bridgehead atoms. The van der Waals surface area contributed by atoms with Gasteiger partial charge in [-0.15, -0.1) is 0 Å². The van der Waals surface area contributed by atoms with Crippen molar-refractivity contribution < 1.29 is 9.90 Å². The van der Waals surface area contributed by atoms with Crippen molar-refractivity contribution in [3.05, 3.63) is 78.4 Å². The Balaban J connectivity index is 1.66. The first-order valence-electron chi connectivity index (χ1n) is 7.65. The number of urea groups is 1. The van der Waals surface area contributed by atoms with Crippen LogP contribution < -0.4 is 10.6 Å². The van der Waals surface area contributed by atoms with E-state index in [1.165, 1.54) is 0 Å². The largest absolute Gasteiger partial charge is 0.506 e. The van der Waals surface area contributed by atoms with Gasteiger partial charge in [0.2, 0.25) is 0 Å². The van der Waals surface area contributed by atoms with Gasteiger partial charge in [-0.1, -0.05) is 48.5 Å². The molecule has 0 atom stereocenters. The van der Waals surface area contributed by atoms with Crippen molar-refractivity contribution in [1.29, 1.82) is 0 Å². The predicted molar refractivity (Wildman–Crippen MR) is 97.4 cm³/mol. The summed E-state index contributed by atoms with van der Waals surface area (Å²) < 4.78 is 0. The second-order valence-corrected chi connectivity index (χ2v) is 5.54. The molecule has 0 saturated carbocycles. The summed E-state index contributed by atoms with van der Waals surface area (Å²) in [6, 6.07) is 22.3. The number of hydrogen-bond acceptors (Lipinski definition) is 2. The molecular weight excluding hydrogens is 300 g/mol. The minimum atomic E-state index is -0.401. The van der Waals surface area contributed by atoms with Gasteiger partial charge in [0, 0.05) is 5.69 Å². The summed E-state index contributed by atoms with van der Waals surface area (Å²) in [5.41, 5.74) is 4.18. The Kier molecular flexibility index (Phi) is 4.47. The van der Waals surface area contributed by atoms with E-state index in [1.807, 2.05) is 67.6 Å². The summed E-state index contributed by atoms with van der Waals surface area (Å²) in [5.74, 6) is 0.0459. The van der Waals surface area contributed by atoms with E-state index in [0.717, 1.165) is 16.7 Å². The zero-order valence-corrected chi connectivity index (χ0v) is 13.3. The predicted octanol–water partition coefficient (Wildman–Crippen LogP) is 5.01. The quantitative estimate of drug-likeness (QED) is 0.594. The Morgan fingerprint density at radius 2 is 1.50 bits per heavy atom. The van der Waals surface area contributed by atoms with Gasteiger partial charge in [-0.05, 0) is 47.9 Å². The van der Waals surface area contributed by atoms with Gasteiger partial charge < -0.3 is 15.7 Å². The SMILES string of the molecule is Cc1ccc(NC(=O)Nc2ccc(-c3ccccc3)cc2)c(O)c1. The third-order valence-electron chi connectivity index (χ3n) is 3.65. The Morgan fingerprint density at radius 3 is 2.17 bits per heavy atom. The molecule has 0 aliphatic rings. The number of carbonyl (C=O) groups excluding carboxylic acids is 1. The Labute approximate surface area is 140 Å². The minimum Gasteiger partial charge on any atom is -0.506 e. The molecule has 3 aromatic carbocycles. The zero-order valence-electron chi connectivity index (χ0n) is 13.3. The van der Waals surface area contributed by atoms with E-state index in [1.54, 1.807) is 12.1 Å². The average molecular weight is 318 g/mol. The zero-order chi connectivity index (χ0) is 16.9. The third kappa shape index (κ3) is 3.73. The molecule has 0 spiro atoms. The van der Waals surface area contributed by atoms with Crippen LogP contribution in [0.5, 0.6) is 5.75 Å². The van der Waals surface area contributed by atoms with Gasteiger partial charge in [0.05, 0.1) is 5.69 Å². The van der Waals surface area contributed by atoms with Crippen LogP contribution in [-0.2, 0) is 0 Å². The van der Waals surface area contributed by atoms with E-state index in [0.29, 0.717) is 11.4 Å². The molecule has 0 unspecified atom stereocenters.